The van der Waals surface area contributed by atoms with E-state index in [-0.39, 0.29) is 12.1 Å². The number of rotatable bonds is 7. The van der Waals surface area contributed by atoms with Crippen LogP contribution in [-0.2, 0) is 0 Å². The first-order chi connectivity index (χ1) is 7.99. The van der Waals surface area contributed by atoms with Gasteiger partial charge in [0.2, 0.25) is 0 Å². The molecule has 0 saturated heterocycles. The highest BCUT2D eigenvalue weighted by atomic mass is 16.3. The molecule has 0 aromatic carbocycles. The molecule has 100 valence electrons. The molecule has 0 heterocycles. The Labute approximate surface area is 104 Å². The summed E-state index contributed by atoms with van der Waals surface area (Å²) in [5, 5.41) is 12.2. The summed E-state index contributed by atoms with van der Waals surface area (Å²) in [6, 6.07) is -0.0203. The maximum atomic E-state index is 11.8. The van der Waals surface area contributed by atoms with E-state index in [0.717, 1.165) is 6.54 Å². The quantitative estimate of drug-likeness (QED) is 0.717. The summed E-state index contributed by atoms with van der Waals surface area (Å²) >= 11 is 0. The van der Waals surface area contributed by atoms with E-state index in [9.17, 15) is 4.79 Å². The Morgan fingerprint density at radius 1 is 1.53 bits per heavy atom. The molecule has 1 atom stereocenters. The predicted molar refractivity (Wildman–Crippen MR) is 68.9 cm³/mol. The third kappa shape index (κ3) is 4.94. The fourth-order valence-corrected chi connectivity index (χ4v) is 2.10. The normalized spacial score (nSPS) is 18.6. The van der Waals surface area contributed by atoms with Gasteiger partial charge in [-0.05, 0) is 38.0 Å². The molecule has 2 amide bonds. The Bertz CT molecular complexity index is 250. The van der Waals surface area contributed by atoms with E-state index in [0.29, 0.717) is 18.4 Å². The molecule has 1 saturated carbocycles. The number of urea groups is 1. The monoisotopic (exact) mass is 242 g/mol. The van der Waals surface area contributed by atoms with E-state index < -0.39 is 0 Å². The molecule has 0 aromatic heterocycles. The van der Waals surface area contributed by atoms with Gasteiger partial charge in [-0.3, -0.25) is 0 Å². The average molecular weight is 242 g/mol. The van der Waals surface area contributed by atoms with Gasteiger partial charge in [0.15, 0.2) is 0 Å². The number of nitrogens with one attached hydrogen (secondary N) is 1. The first kappa shape index (κ1) is 14.3. The van der Waals surface area contributed by atoms with E-state index >= 15 is 0 Å². The molecular weight excluding hydrogens is 216 g/mol. The molecule has 4 heteroatoms. The molecule has 1 unspecified atom stereocenters. The van der Waals surface area contributed by atoms with Gasteiger partial charge < -0.3 is 15.3 Å². The molecular formula is C13H26N2O2. The third-order valence-corrected chi connectivity index (χ3v) is 3.58. The van der Waals surface area contributed by atoms with Crippen molar-refractivity contribution in [2.24, 2.45) is 5.41 Å². The second-order valence-corrected chi connectivity index (χ2v) is 5.47. The van der Waals surface area contributed by atoms with Crippen LogP contribution in [0.3, 0.4) is 0 Å². The van der Waals surface area contributed by atoms with Crippen molar-refractivity contribution >= 4 is 6.03 Å². The fraction of sp³-hybridized carbons (Fsp3) is 0.923. The minimum absolute atomic E-state index is 0.0203. The third-order valence-electron chi connectivity index (χ3n) is 3.58. The van der Waals surface area contributed by atoms with Crippen molar-refractivity contribution in [1.29, 1.82) is 0 Å². The van der Waals surface area contributed by atoms with Crippen LogP contribution in [0.15, 0.2) is 0 Å². The summed E-state index contributed by atoms with van der Waals surface area (Å²) in [7, 11) is 1.77. The molecule has 0 aliphatic heterocycles. The van der Waals surface area contributed by atoms with Gasteiger partial charge in [0, 0.05) is 20.1 Å². The lowest BCUT2D eigenvalue weighted by Gasteiger charge is -2.21. The lowest BCUT2D eigenvalue weighted by Crippen LogP contribution is -2.41. The molecule has 0 aromatic rings. The van der Waals surface area contributed by atoms with Crippen molar-refractivity contribution in [1.82, 2.24) is 10.2 Å². The molecule has 1 aliphatic carbocycles. The molecule has 1 fully saturated rings. The molecule has 4 nitrogen and oxygen atoms in total. The average Bonchev–Trinajstić information content (AvgIpc) is 3.03. The molecule has 1 rings (SSSR count). The van der Waals surface area contributed by atoms with Crippen LogP contribution in [0.25, 0.3) is 0 Å². The van der Waals surface area contributed by atoms with Crippen LogP contribution in [0.5, 0.6) is 0 Å². The number of carbonyl (C=O) groups excluding carboxylic acids is 1. The van der Waals surface area contributed by atoms with Gasteiger partial charge in [-0.2, -0.15) is 0 Å². The summed E-state index contributed by atoms with van der Waals surface area (Å²) < 4.78 is 0. The maximum absolute atomic E-state index is 11.8. The molecule has 0 bridgehead atoms. The molecule has 0 radical (unpaired) electrons. The van der Waals surface area contributed by atoms with Crippen LogP contribution < -0.4 is 5.32 Å². The van der Waals surface area contributed by atoms with Crippen LogP contribution >= 0.6 is 0 Å². The van der Waals surface area contributed by atoms with Crippen LogP contribution in [0.1, 0.15) is 46.0 Å². The summed E-state index contributed by atoms with van der Waals surface area (Å²) in [6.07, 6.45) is 5.18. The Balaban J connectivity index is 2.20. The lowest BCUT2D eigenvalue weighted by atomic mass is 10.0. The molecule has 1 aliphatic rings. The molecule has 0 spiro atoms. The van der Waals surface area contributed by atoms with Gasteiger partial charge in [0.05, 0.1) is 6.10 Å². The zero-order valence-corrected chi connectivity index (χ0v) is 11.3. The van der Waals surface area contributed by atoms with Crippen molar-refractivity contribution in [3.05, 3.63) is 0 Å². The Hall–Kier alpha value is -0.770. The Morgan fingerprint density at radius 2 is 2.18 bits per heavy atom. The van der Waals surface area contributed by atoms with E-state index in [2.05, 4.69) is 12.2 Å². The highest BCUT2D eigenvalue weighted by molar-refractivity contribution is 5.73. The topological polar surface area (TPSA) is 52.6 Å². The zero-order valence-electron chi connectivity index (χ0n) is 11.3. The second kappa shape index (κ2) is 6.24. The van der Waals surface area contributed by atoms with Gasteiger partial charge in [-0.15, -0.1) is 0 Å². The van der Waals surface area contributed by atoms with Crippen molar-refractivity contribution < 1.29 is 9.90 Å². The van der Waals surface area contributed by atoms with Crippen molar-refractivity contribution in [2.45, 2.75) is 52.1 Å². The largest absolute Gasteiger partial charge is 0.393 e. The van der Waals surface area contributed by atoms with Crippen molar-refractivity contribution in [2.75, 3.05) is 20.1 Å². The highest BCUT2D eigenvalue weighted by Gasteiger charge is 2.41. The first-order valence-corrected chi connectivity index (χ1v) is 6.66. The summed E-state index contributed by atoms with van der Waals surface area (Å²) in [5.41, 5.74) is 0.398. The van der Waals surface area contributed by atoms with Crippen LogP contribution in [-0.4, -0.2) is 42.3 Å². The summed E-state index contributed by atoms with van der Waals surface area (Å²) in [5.74, 6) is 0. The zero-order chi connectivity index (χ0) is 12.9. The Morgan fingerprint density at radius 3 is 2.65 bits per heavy atom. The Kier molecular flexibility index (Phi) is 5.25. The second-order valence-electron chi connectivity index (χ2n) is 5.47. The number of hydrogen-bond acceptors (Lipinski definition) is 2. The van der Waals surface area contributed by atoms with Gasteiger partial charge in [-0.25, -0.2) is 4.79 Å². The smallest absolute Gasteiger partial charge is 0.317 e. The fourth-order valence-electron chi connectivity index (χ4n) is 2.10. The number of aliphatic hydroxyl groups is 1. The first-order valence-electron chi connectivity index (χ1n) is 6.66. The molecule has 17 heavy (non-hydrogen) atoms. The van der Waals surface area contributed by atoms with Crippen molar-refractivity contribution in [3.8, 4) is 0 Å². The predicted octanol–water partition coefficient (Wildman–Crippen LogP) is 1.98. The number of nitrogens with zero attached hydrogens (tertiary/aromatic N) is 1. The maximum Gasteiger partial charge on any atom is 0.317 e. The lowest BCUT2D eigenvalue weighted by molar-refractivity contribution is 0.162. The van der Waals surface area contributed by atoms with E-state index in [1.54, 1.807) is 18.9 Å². The van der Waals surface area contributed by atoms with Crippen molar-refractivity contribution in [3.63, 3.8) is 0 Å². The van der Waals surface area contributed by atoms with Crippen LogP contribution in [0, 0.1) is 5.41 Å². The van der Waals surface area contributed by atoms with E-state index in [4.69, 9.17) is 5.11 Å². The number of amides is 2. The van der Waals surface area contributed by atoms with Gasteiger partial charge in [0.1, 0.15) is 0 Å². The van der Waals surface area contributed by atoms with E-state index in [1.807, 2.05) is 0 Å². The summed E-state index contributed by atoms with van der Waals surface area (Å²) in [4.78, 5) is 13.4. The number of carbonyl (C=O) groups is 1. The molecule has 2 N–H and O–H groups in total. The highest BCUT2D eigenvalue weighted by Crippen LogP contribution is 2.48. The van der Waals surface area contributed by atoms with Gasteiger partial charge in [-0.1, -0.05) is 13.3 Å². The number of hydrogen-bond donors (Lipinski definition) is 2. The standard InChI is InChI=1S/C13H26N2O2/c1-4-6-13(7-8-13)10-14-12(17)15(3)9-5-11(2)16/h11,16H,4-10H2,1-3H3,(H,14,17). The number of aliphatic hydroxyl groups excluding tert-OH is 1. The minimum atomic E-state index is -0.347. The van der Waals surface area contributed by atoms with E-state index in [1.165, 1.54) is 25.7 Å². The van der Waals surface area contributed by atoms with Crippen LogP contribution in [0.4, 0.5) is 4.79 Å². The van der Waals surface area contributed by atoms with Crippen LogP contribution in [0.2, 0.25) is 0 Å². The van der Waals surface area contributed by atoms with Gasteiger partial charge in [0.25, 0.3) is 0 Å². The summed E-state index contributed by atoms with van der Waals surface area (Å²) in [6.45, 7) is 5.34. The minimum Gasteiger partial charge on any atom is -0.393 e. The SMILES string of the molecule is CCCC1(CNC(=O)N(C)CCC(C)O)CC1. The van der Waals surface area contributed by atoms with Gasteiger partial charge >= 0.3 is 6.03 Å².